The van der Waals surface area contributed by atoms with Gasteiger partial charge in [0.25, 0.3) is 0 Å². The number of para-hydroxylation sites is 1. The standard InChI is InChI=1S/C8H11N3O/c9-8(12)6-10-11-7-4-2-1-3-5-7/h1-5,10-11H,6H2,(H2,9,12). The first kappa shape index (κ1) is 8.55. The lowest BCUT2D eigenvalue weighted by molar-refractivity contribution is -0.117. The minimum Gasteiger partial charge on any atom is -0.369 e. The van der Waals surface area contributed by atoms with Crippen LogP contribution in [0.2, 0.25) is 0 Å². The van der Waals surface area contributed by atoms with Crippen LogP contribution in [0.3, 0.4) is 0 Å². The summed E-state index contributed by atoms with van der Waals surface area (Å²) in [7, 11) is 0. The fourth-order valence-electron chi connectivity index (χ4n) is 0.755. The SMILES string of the molecule is NC(=O)CNNc1ccccc1. The summed E-state index contributed by atoms with van der Waals surface area (Å²) < 4.78 is 0. The Labute approximate surface area is 70.7 Å². The number of carbonyl (C=O) groups excluding carboxylic acids is 1. The molecule has 1 rings (SSSR count). The maximum atomic E-state index is 10.3. The van der Waals surface area contributed by atoms with Gasteiger partial charge in [-0.25, -0.2) is 5.43 Å². The second kappa shape index (κ2) is 4.35. The smallest absolute Gasteiger partial charge is 0.233 e. The van der Waals surface area contributed by atoms with Crippen LogP contribution >= 0.6 is 0 Å². The van der Waals surface area contributed by atoms with Gasteiger partial charge >= 0.3 is 0 Å². The largest absolute Gasteiger partial charge is 0.369 e. The van der Waals surface area contributed by atoms with Crippen LogP contribution in [-0.2, 0) is 4.79 Å². The number of hydrazine groups is 1. The molecule has 0 fully saturated rings. The molecule has 0 unspecified atom stereocenters. The molecule has 0 aliphatic carbocycles. The van der Waals surface area contributed by atoms with Crippen molar-refractivity contribution >= 4 is 11.6 Å². The third kappa shape index (κ3) is 3.03. The summed E-state index contributed by atoms with van der Waals surface area (Å²) in [6.07, 6.45) is 0. The number of amides is 1. The Hall–Kier alpha value is -1.55. The molecule has 64 valence electrons. The van der Waals surface area contributed by atoms with Crippen molar-refractivity contribution in [3.8, 4) is 0 Å². The molecule has 0 spiro atoms. The predicted molar refractivity (Wildman–Crippen MR) is 47.3 cm³/mol. The zero-order valence-electron chi connectivity index (χ0n) is 6.58. The molecule has 0 saturated carbocycles. The summed E-state index contributed by atoms with van der Waals surface area (Å²) in [5.41, 5.74) is 11.3. The molecular formula is C8H11N3O. The molecule has 0 aromatic heterocycles. The first-order valence-corrected chi connectivity index (χ1v) is 3.61. The normalized spacial score (nSPS) is 9.33. The first-order chi connectivity index (χ1) is 5.79. The third-order valence-corrected chi connectivity index (χ3v) is 1.27. The Kier molecular flexibility index (Phi) is 3.10. The van der Waals surface area contributed by atoms with E-state index in [-0.39, 0.29) is 6.54 Å². The molecule has 0 radical (unpaired) electrons. The van der Waals surface area contributed by atoms with E-state index in [1.807, 2.05) is 30.3 Å². The van der Waals surface area contributed by atoms with E-state index in [9.17, 15) is 4.79 Å². The van der Waals surface area contributed by atoms with E-state index in [0.29, 0.717) is 0 Å². The summed E-state index contributed by atoms with van der Waals surface area (Å²) in [6.45, 7) is 0.120. The zero-order valence-corrected chi connectivity index (χ0v) is 6.58. The van der Waals surface area contributed by atoms with Gasteiger partial charge in [-0.1, -0.05) is 18.2 Å². The Balaban J connectivity index is 2.29. The van der Waals surface area contributed by atoms with Gasteiger partial charge in [0, 0.05) is 5.69 Å². The summed E-state index contributed by atoms with van der Waals surface area (Å²) >= 11 is 0. The van der Waals surface area contributed by atoms with Gasteiger partial charge in [-0.15, -0.1) is 0 Å². The third-order valence-electron chi connectivity index (χ3n) is 1.27. The van der Waals surface area contributed by atoms with Gasteiger partial charge in [0.1, 0.15) is 0 Å². The number of primary amides is 1. The van der Waals surface area contributed by atoms with E-state index in [0.717, 1.165) is 5.69 Å². The van der Waals surface area contributed by atoms with Gasteiger partial charge in [-0.05, 0) is 12.1 Å². The summed E-state index contributed by atoms with van der Waals surface area (Å²) in [4.78, 5) is 10.3. The number of hydrogen-bond donors (Lipinski definition) is 3. The number of nitrogens with one attached hydrogen (secondary N) is 2. The number of benzene rings is 1. The fraction of sp³-hybridized carbons (Fsp3) is 0.125. The molecule has 0 bridgehead atoms. The van der Waals surface area contributed by atoms with Gasteiger partial charge in [-0.2, -0.15) is 0 Å². The molecule has 1 aromatic carbocycles. The van der Waals surface area contributed by atoms with E-state index in [4.69, 9.17) is 5.73 Å². The predicted octanol–water partition coefficient (Wildman–Crippen LogP) is 0.0884. The minimum atomic E-state index is -0.390. The van der Waals surface area contributed by atoms with Gasteiger partial charge in [0.05, 0.1) is 6.54 Å². The van der Waals surface area contributed by atoms with Crippen LogP contribution in [0.5, 0.6) is 0 Å². The maximum absolute atomic E-state index is 10.3. The summed E-state index contributed by atoms with van der Waals surface area (Å²) in [6, 6.07) is 9.48. The molecule has 4 heteroatoms. The Bertz CT molecular complexity index is 248. The highest BCUT2D eigenvalue weighted by molar-refractivity contribution is 5.76. The lowest BCUT2D eigenvalue weighted by Gasteiger charge is -2.04. The van der Waals surface area contributed by atoms with Crippen molar-refractivity contribution in [3.05, 3.63) is 30.3 Å². The second-order valence-corrected chi connectivity index (χ2v) is 2.31. The van der Waals surface area contributed by atoms with Gasteiger partial charge in [0.15, 0.2) is 0 Å². The summed E-state index contributed by atoms with van der Waals surface area (Å²) in [5.74, 6) is -0.390. The van der Waals surface area contributed by atoms with Crippen LogP contribution in [0.15, 0.2) is 30.3 Å². The molecule has 1 aromatic rings. The zero-order chi connectivity index (χ0) is 8.81. The Morgan fingerprint density at radius 2 is 2.00 bits per heavy atom. The number of rotatable bonds is 4. The van der Waals surface area contributed by atoms with E-state index in [1.165, 1.54) is 0 Å². The van der Waals surface area contributed by atoms with Crippen LogP contribution in [0.25, 0.3) is 0 Å². The fourth-order valence-corrected chi connectivity index (χ4v) is 0.755. The van der Waals surface area contributed by atoms with E-state index >= 15 is 0 Å². The number of nitrogens with two attached hydrogens (primary N) is 1. The monoisotopic (exact) mass is 165 g/mol. The number of anilines is 1. The minimum absolute atomic E-state index is 0.120. The molecule has 0 aliphatic rings. The highest BCUT2D eigenvalue weighted by Crippen LogP contribution is 2.01. The highest BCUT2D eigenvalue weighted by Gasteiger charge is 1.91. The van der Waals surface area contributed by atoms with E-state index in [2.05, 4.69) is 10.9 Å². The van der Waals surface area contributed by atoms with Gasteiger partial charge in [0.2, 0.25) is 5.91 Å². The molecule has 0 atom stereocenters. The van der Waals surface area contributed by atoms with Crippen LogP contribution < -0.4 is 16.6 Å². The van der Waals surface area contributed by atoms with E-state index < -0.39 is 5.91 Å². The van der Waals surface area contributed by atoms with Gasteiger partial charge in [-0.3, -0.25) is 4.79 Å². The van der Waals surface area contributed by atoms with Crippen molar-refractivity contribution in [2.45, 2.75) is 0 Å². The molecule has 0 aliphatic heterocycles. The molecule has 4 nitrogen and oxygen atoms in total. The number of hydrogen-bond acceptors (Lipinski definition) is 3. The lowest BCUT2D eigenvalue weighted by atomic mass is 10.3. The quantitative estimate of drug-likeness (QED) is 0.554. The van der Waals surface area contributed by atoms with Crippen LogP contribution in [0, 0.1) is 0 Å². The highest BCUT2D eigenvalue weighted by atomic mass is 16.1. The second-order valence-electron chi connectivity index (χ2n) is 2.31. The average molecular weight is 165 g/mol. The van der Waals surface area contributed by atoms with Gasteiger partial charge < -0.3 is 11.2 Å². The summed E-state index contributed by atoms with van der Waals surface area (Å²) in [5, 5.41) is 0. The van der Waals surface area contributed by atoms with Crippen molar-refractivity contribution in [1.29, 1.82) is 0 Å². The maximum Gasteiger partial charge on any atom is 0.233 e. The average Bonchev–Trinajstić information content (AvgIpc) is 2.05. The van der Waals surface area contributed by atoms with Crippen molar-refractivity contribution in [2.75, 3.05) is 12.0 Å². The van der Waals surface area contributed by atoms with Crippen LogP contribution in [0.1, 0.15) is 0 Å². The Morgan fingerprint density at radius 3 is 2.58 bits per heavy atom. The van der Waals surface area contributed by atoms with Crippen molar-refractivity contribution in [2.24, 2.45) is 5.73 Å². The lowest BCUT2D eigenvalue weighted by Crippen LogP contribution is -2.32. The molecule has 12 heavy (non-hydrogen) atoms. The van der Waals surface area contributed by atoms with Crippen molar-refractivity contribution in [1.82, 2.24) is 5.43 Å². The molecule has 4 N–H and O–H groups in total. The molecular weight excluding hydrogens is 154 g/mol. The van der Waals surface area contributed by atoms with E-state index in [1.54, 1.807) is 0 Å². The van der Waals surface area contributed by atoms with Crippen molar-refractivity contribution < 1.29 is 4.79 Å². The van der Waals surface area contributed by atoms with Crippen molar-refractivity contribution in [3.63, 3.8) is 0 Å². The Morgan fingerprint density at radius 1 is 1.33 bits per heavy atom. The molecule has 0 heterocycles. The molecule has 0 saturated heterocycles. The van der Waals surface area contributed by atoms with Crippen LogP contribution in [-0.4, -0.2) is 12.5 Å². The molecule has 1 amide bonds. The number of carbonyl (C=O) groups is 1. The van der Waals surface area contributed by atoms with Crippen LogP contribution in [0.4, 0.5) is 5.69 Å². The topological polar surface area (TPSA) is 67.2 Å². The first-order valence-electron chi connectivity index (χ1n) is 3.61.